The largest absolute Gasteiger partial charge is 0.494 e. The van der Waals surface area contributed by atoms with Crippen LogP contribution in [0.1, 0.15) is 26.7 Å². The van der Waals surface area contributed by atoms with Gasteiger partial charge < -0.3 is 15.2 Å². The number of aliphatic hydroxyl groups excluding tert-OH is 1. The molecule has 0 radical (unpaired) electrons. The molecule has 1 atom stereocenters. The van der Waals surface area contributed by atoms with Gasteiger partial charge in [-0.25, -0.2) is 0 Å². The van der Waals surface area contributed by atoms with Crippen LogP contribution in [0.5, 0.6) is 5.75 Å². The SMILES string of the molecule is CCCOc1ccc(NCC(O)CC)cc1. The number of nitrogens with one attached hydrogen (secondary N) is 1. The molecule has 0 saturated carbocycles. The summed E-state index contributed by atoms with van der Waals surface area (Å²) in [6.45, 7) is 5.39. The first-order valence-electron chi connectivity index (χ1n) is 5.91. The molecule has 1 unspecified atom stereocenters. The summed E-state index contributed by atoms with van der Waals surface area (Å²) in [6.07, 6.45) is 1.50. The minimum Gasteiger partial charge on any atom is -0.494 e. The van der Waals surface area contributed by atoms with Gasteiger partial charge in [0, 0.05) is 12.2 Å². The van der Waals surface area contributed by atoms with Crippen molar-refractivity contribution in [3.63, 3.8) is 0 Å². The minimum absolute atomic E-state index is 0.281. The summed E-state index contributed by atoms with van der Waals surface area (Å²) in [5.74, 6) is 0.892. The Balaban J connectivity index is 2.38. The zero-order valence-electron chi connectivity index (χ0n) is 10.1. The number of aliphatic hydroxyl groups is 1. The van der Waals surface area contributed by atoms with Crippen LogP contribution in [0.4, 0.5) is 5.69 Å². The van der Waals surface area contributed by atoms with E-state index in [1.165, 1.54) is 0 Å². The molecule has 3 heteroatoms. The van der Waals surface area contributed by atoms with E-state index in [2.05, 4.69) is 12.2 Å². The van der Waals surface area contributed by atoms with E-state index in [1.54, 1.807) is 0 Å². The first-order chi connectivity index (χ1) is 7.76. The molecule has 16 heavy (non-hydrogen) atoms. The van der Waals surface area contributed by atoms with Crippen LogP contribution in [0.2, 0.25) is 0 Å². The highest BCUT2D eigenvalue weighted by Gasteiger charge is 2.00. The maximum absolute atomic E-state index is 9.40. The smallest absolute Gasteiger partial charge is 0.119 e. The number of benzene rings is 1. The van der Waals surface area contributed by atoms with Crippen molar-refractivity contribution in [1.29, 1.82) is 0 Å². The molecular weight excluding hydrogens is 202 g/mol. The Labute approximate surface area is 97.4 Å². The minimum atomic E-state index is -0.281. The molecule has 0 bridgehead atoms. The van der Waals surface area contributed by atoms with E-state index < -0.39 is 0 Å². The highest BCUT2D eigenvalue weighted by atomic mass is 16.5. The van der Waals surface area contributed by atoms with E-state index in [1.807, 2.05) is 31.2 Å². The highest BCUT2D eigenvalue weighted by Crippen LogP contribution is 2.15. The van der Waals surface area contributed by atoms with Crippen molar-refractivity contribution in [3.05, 3.63) is 24.3 Å². The highest BCUT2D eigenvalue weighted by molar-refractivity contribution is 5.46. The first kappa shape index (κ1) is 12.8. The Bertz CT molecular complexity index is 284. The Morgan fingerprint density at radius 3 is 2.50 bits per heavy atom. The van der Waals surface area contributed by atoms with Crippen LogP contribution in [0.3, 0.4) is 0 Å². The zero-order valence-corrected chi connectivity index (χ0v) is 10.1. The predicted molar refractivity (Wildman–Crippen MR) is 67.0 cm³/mol. The van der Waals surface area contributed by atoms with Crippen LogP contribution < -0.4 is 10.1 Å². The lowest BCUT2D eigenvalue weighted by Gasteiger charge is -2.11. The van der Waals surface area contributed by atoms with Crippen molar-refractivity contribution in [2.75, 3.05) is 18.5 Å². The van der Waals surface area contributed by atoms with E-state index in [0.29, 0.717) is 6.54 Å². The van der Waals surface area contributed by atoms with Crippen molar-refractivity contribution in [2.24, 2.45) is 0 Å². The molecule has 3 nitrogen and oxygen atoms in total. The van der Waals surface area contributed by atoms with Gasteiger partial charge in [-0.15, -0.1) is 0 Å². The Kier molecular flexibility index (Phi) is 5.72. The number of hydrogen-bond acceptors (Lipinski definition) is 3. The van der Waals surface area contributed by atoms with E-state index in [0.717, 1.165) is 30.9 Å². The van der Waals surface area contributed by atoms with Crippen molar-refractivity contribution in [3.8, 4) is 5.75 Å². The average Bonchev–Trinajstić information content (AvgIpc) is 2.34. The molecule has 0 fully saturated rings. The molecule has 0 aliphatic heterocycles. The molecule has 0 amide bonds. The number of ether oxygens (including phenoxy) is 1. The Hall–Kier alpha value is -1.22. The molecule has 1 aromatic carbocycles. The van der Waals surface area contributed by atoms with Crippen molar-refractivity contribution < 1.29 is 9.84 Å². The lowest BCUT2D eigenvalue weighted by Crippen LogP contribution is -2.18. The normalized spacial score (nSPS) is 12.2. The van der Waals surface area contributed by atoms with Crippen LogP contribution in [0.25, 0.3) is 0 Å². The molecular formula is C13H21NO2. The lowest BCUT2D eigenvalue weighted by molar-refractivity contribution is 0.183. The molecule has 0 heterocycles. The van der Waals surface area contributed by atoms with Gasteiger partial charge in [0.05, 0.1) is 12.7 Å². The summed E-state index contributed by atoms with van der Waals surface area (Å²) in [6, 6.07) is 7.81. The fourth-order valence-corrected chi connectivity index (χ4v) is 1.27. The zero-order chi connectivity index (χ0) is 11.8. The van der Waals surface area contributed by atoms with Gasteiger partial charge in [0.15, 0.2) is 0 Å². The number of rotatable bonds is 7. The fourth-order valence-electron chi connectivity index (χ4n) is 1.27. The van der Waals surface area contributed by atoms with Crippen LogP contribution in [-0.4, -0.2) is 24.4 Å². The second kappa shape index (κ2) is 7.12. The molecule has 1 aromatic rings. The third-order valence-electron chi connectivity index (χ3n) is 2.34. The Morgan fingerprint density at radius 2 is 1.94 bits per heavy atom. The monoisotopic (exact) mass is 223 g/mol. The summed E-state index contributed by atoms with van der Waals surface area (Å²) in [5.41, 5.74) is 1.01. The van der Waals surface area contributed by atoms with Crippen molar-refractivity contribution in [1.82, 2.24) is 0 Å². The van der Waals surface area contributed by atoms with E-state index in [-0.39, 0.29) is 6.10 Å². The topological polar surface area (TPSA) is 41.5 Å². The van der Waals surface area contributed by atoms with Gasteiger partial charge in [-0.05, 0) is 37.1 Å². The van der Waals surface area contributed by atoms with Gasteiger partial charge in [0.1, 0.15) is 5.75 Å². The fraction of sp³-hybridized carbons (Fsp3) is 0.538. The standard InChI is InChI=1S/C13H21NO2/c1-3-9-16-13-7-5-11(6-8-13)14-10-12(15)4-2/h5-8,12,14-15H,3-4,9-10H2,1-2H3. The van der Waals surface area contributed by atoms with Crippen molar-refractivity contribution >= 4 is 5.69 Å². The van der Waals surface area contributed by atoms with Crippen LogP contribution in [0, 0.1) is 0 Å². The summed E-state index contributed by atoms with van der Waals surface area (Å²) in [5, 5.41) is 12.6. The van der Waals surface area contributed by atoms with Crippen LogP contribution in [0.15, 0.2) is 24.3 Å². The van der Waals surface area contributed by atoms with Crippen molar-refractivity contribution in [2.45, 2.75) is 32.8 Å². The first-order valence-corrected chi connectivity index (χ1v) is 5.91. The molecule has 0 aromatic heterocycles. The van der Waals surface area contributed by atoms with Crippen LogP contribution >= 0.6 is 0 Å². The van der Waals surface area contributed by atoms with Gasteiger partial charge >= 0.3 is 0 Å². The lowest BCUT2D eigenvalue weighted by atomic mass is 10.2. The molecule has 2 N–H and O–H groups in total. The third-order valence-corrected chi connectivity index (χ3v) is 2.34. The summed E-state index contributed by atoms with van der Waals surface area (Å²) < 4.78 is 5.48. The average molecular weight is 223 g/mol. The maximum Gasteiger partial charge on any atom is 0.119 e. The van der Waals surface area contributed by atoms with Gasteiger partial charge in [0.25, 0.3) is 0 Å². The van der Waals surface area contributed by atoms with E-state index in [4.69, 9.17) is 4.74 Å². The maximum atomic E-state index is 9.40. The van der Waals surface area contributed by atoms with Gasteiger partial charge in [-0.2, -0.15) is 0 Å². The van der Waals surface area contributed by atoms with Gasteiger partial charge in [-0.1, -0.05) is 13.8 Å². The van der Waals surface area contributed by atoms with Gasteiger partial charge in [-0.3, -0.25) is 0 Å². The second-order valence-corrected chi connectivity index (χ2v) is 3.82. The number of hydrogen-bond donors (Lipinski definition) is 2. The predicted octanol–water partition coefficient (Wildman–Crippen LogP) is 2.66. The quantitative estimate of drug-likeness (QED) is 0.746. The Morgan fingerprint density at radius 1 is 1.25 bits per heavy atom. The molecule has 0 saturated heterocycles. The third kappa shape index (κ3) is 4.53. The summed E-state index contributed by atoms with van der Waals surface area (Å²) in [4.78, 5) is 0. The molecule has 1 rings (SSSR count). The summed E-state index contributed by atoms with van der Waals surface area (Å²) >= 11 is 0. The van der Waals surface area contributed by atoms with Crippen LogP contribution in [-0.2, 0) is 0 Å². The molecule has 0 aliphatic rings. The summed E-state index contributed by atoms with van der Waals surface area (Å²) in [7, 11) is 0. The molecule has 0 spiro atoms. The van der Waals surface area contributed by atoms with E-state index in [9.17, 15) is 5.11 Å². The molecule has 90 valence electrons. The van der Waals surface area contributed by atoms with Gasteiger partial charge in [0.2, 0.25) is 0 Å². The molecule has 0 aliphatic carbocycles. The number of anilines is 1. The van der Waals surface area contributed by atoms with E-state index >= 15 is 0 Å². The second-order valence-electron chi connectivity index (χ2n) is 3.82.